The number of hydrogen-bond acceptors (Lipinski definition) is 6. The van der Waals surface area contributed by atoms with Gasteiger partial charge >= 0.3 is 0 Å². The molecule has 0 fully saturated rings. The molecule has 1 aromatic carbocycles. The van der Waals surface area contributed by atoms with Gasteiger partial charge in [-0.3, -0.25) is 24.3 Å². The number of rotatable bonds is 1. The van der Waals surface area contributed by atoms with Crippen LogP contribution in [-0.2, 0) is 0 Å². The highest BCUT2D eigenvalue weighted by Gasteiger charge is 2.31. The Morgan fingerprint density at radius 2 is 1.95 bits per heavy atom. The smallest absolute Gasteiger partial charge is 0.262 e. The van der Waals surface area contributed by atoms with E-state index in [-0.39, 0.29) is 16.9 Å². The van der Waals surface area contributed by atoms with Crippen molar-refractivity contribution in [2.24, 2.45) is 0 Å². The minimum atomic E-state index is -0.606. The van der Waals surface area contributed by atoms with Gasteiger partial charge < -0.3 is 5.73 Å². The van der Waals surface area contributed by atoms with Crippen LogP contribution in [0.15, 0.2) is 34.4 Å². The van der Waals surface area contributed by atoms with E-state index in [1.165, 1.54) is 16.1 Å². The molecule has 3 heterocycles. The van der Waals surface area contributed by atoms with Gasteiger partial charge in [-0.1, -0.05) is 0 Å². The Hall–Kier alpha value is -3.00. The maximum Gasteiger partial charge on any atom is 0.262 e. The van der Waals surface area contributed by atoms with Crippen LogP contribution < -0.4 is 16.6 Å². The zero-order chi connectivity index (χ0) is 15.4. The molecule has 22 heavy (non-hydrogen) atoms. The van der Waals surface area contributed by atoms with Gasteiger partial charge in [-0.2, -0.15) is 4.37 Å². The number of anilines is 1. The van der Waals surface area contributed by atoms with Crippen LogP contribution in [-0.4, -0.2) is 20.8 Å². The van der Waals surface area contributed by atoms with Gasteiger partial charge in [-0.15, -0.1) is 0 Å². The number of fused-ring (bicyclic) bond motifs is 2. The second-order valence-electron chi connectivity index (χ2n) is 4.83. The maximum atomic E-state index is 12.3. The van der Waals surface area contributed by atoms with E-state index in [4.69, 9.17) is 5.73 Å². The molecule has 8 heteroatoms. The summed E-state index contributed by atoms with van der Waals surface area (Å²) in [5, 5.41) is 4.98. The second-order valence-corrected chi connectivity index (χ2v) is 5.46. The monoisotopic (exact) mass is 312 g/mol. The van der Waals surface area contributed by atoms with Crippen LogP contribution in [0.2, 0.25) is 0 Å². The molecule has 2 aromatic heterocycles. The van der Waals surface area contributed by atoms with E-state index < -0.39 is 17.4 Å². The first-order chi connectivity index (χ1) is 10.6. The lowest BCUT2D eigenvalue weighted by atomic mass is 10.1. The van der Waals surface area contributed by atoms with Crippen molar-refractivity contribution in [3.05, 3.63) is 51.1 Å². The molecule has 1 aliphatic rings. The van der Waals surface area contributed by atoms with E-state index in [0.717, 1.165) is 17.0 Å². The van der Waals surface area contributed by atoms with Crippen LogP contribution in [0.25, 0.3) is 16.6 Å². The quantitative estimate of drug-likeness (QED) is 0.650. The standard InChI is InChI=1S/C14H8N4O3S/c15-12-11-8(13(20)16-14(11)21)4-10(19)18(12)7-2-1-6-5-22-17-9(6)3-7/h1-5H,15H2,(H,16,20,21). The van der Waals surface area contributed by atoms with Crippen molar-refractivity contribution in [1.82, 2.24) is 14.3 Å². The van der Waals surface area contributed by atoms with Crippen LogP contribution in [0.5, 0.6) is 0 Å². The number of nitrogen functional groups attached to an aromatic ring is 1. The average Bonchev–Trinajstić information content (AvgIpc) is 3.03. The van der Waals surface area contributed by atoms with E-state index >= 15 is 0 Å². The molecule has 0 spiro atoms. The maximum absolute atomic E-state index is 12.3. The van der Waals surface area contributed by atoms with Gasteiger partial charge in [0.25, 0.3) is 17.4 Å². The third kappa shape index (κ3) is 1.61. The molecule has 7 nitrogen and oxygen atoms in total. The van der Waals surface area contributed by atoms with Crippen LogP contribution in [0, 0.1) is 0 Å². The van der Waals surface area contributed by atoms with Crippen molar-refractivity contribution in [3.63, 3.8) is 0 Å². The SMILES string of the molecule is Nc1c2c(cc(=O)n1-c1ccc3csnc3c1)C(=O)NC2=O. The third-order valence-electron chi connectivity index (χ3n) is 3.56. The highest BCUT2D eigenvalue weighted by molar-refractivity contribution is 7.04. The number of amides is 2. The normalized spacial score (nSPS) is 13.5. The van der Waals surface area contributed by atoms with Crippen LogP contribution in [0.1, 0.15) is 20.7 Å². The summed E-state index contributed by atoms with van der Waals surface area (Å²) in [7, 11) is 0. The number of benzene rings is 1. The molecule has 0 bridgehead atoms. The fraction of sp³-hybridized carbons (Fsp3) is 0. The number of imide groups is 1. The average molecular weight is 312 g/mol. The summed E-state index contributed by atoms with van der Waals surface area (Å²) in [6.07, 6.45) is 0. The van der Waals surface area contributed by atoms with E-state index in [1.54, 1.807) is 12.1 Å². The molecule has 0 atom stereocenters. The predicted octanol–water partition coefficient (Wildman–Crippen LogP) is 0.913. The van der Waals surface area contributed by atoms with E-state index in [9.17, 15) is 14.4 Å². The Labute approximate surface area is 127 Å². The summed E-state index contributed by atoms with van der Waals surface area (Å²) in [4.78, 5) is 35.7. The lowest BCUT2D eigenvalue weighted by Gasteiger charge is -2.11. The minimum absolute atomic E-state index is 0.0125. The van der Waals surface area contributed by atoms with Crippen molar-refractivity contribution in [2.45, 2.75) is 0 Å². The molecular weight excluding hydrogens is 304 g/mol. The summed E-state index contributed by atoms with van der Waals surface area (Å²) < 4.78 is 5.42. The molecular formula is C14H8N4O3S. The van der Waals surface area contributed by atoms with Gasteiger partial charge in [0.2, 0.25) is 0 Å². The zero-order valence-electron chi connectivity index (χ0n) is 11.0. The van der Waals surface area contributed by atoms with Crippen molar-refractivity contribution in [1.29, 1.82) is 0 Å². The molecule has 108 valence electrons. The van der Waals surface area contributed by atoms with Gasteiger partial charge in [0.1, 0.15) is 5.82 Å². The van der Waals surface area contributed by atoms with E-state index in [2.05, 4.69) is 9.69 Å². The lowest BCUT2D eigenvalue weighted by Crippen LogP contribution is -2.24. The van der Waals surface area contributed by atoms with Crippen LogP contribution in [0.4, 0.5) is 5.82 Å². The molecule has 3 aromatic rings. The molecule has 0 saturated heterocycles. The summed E-state index contributed by atoms with van der Waals surface area (Å²) >= 11 is 1.31. The fourth-order valence-electron chi connectivity index (χ4n) is 2.54. The second kappa shape index (κ2) is 4.25. The first-order valence-corrected chi connectivity index (χ1v) is 7.15. The van der Waals surface area contributed by atoms with Gasteiger partial charge in [0.05, 0.1) is 22.3 Å². The largest absolute Gasteiger partial charge is 0.384 e. The Bertz CT molecular complexity index is 1030. The molecule has 3 N–H and O–H groups in total. The number of carbonyl (C=O) groups excluding carboxylic acids is 2. The predicted molar refractivity (Wildman–Crippen MR) is 81.4 cm³/mol. The lowest BCUT2D eigenvalue weighted by molar-refractivity contribution is 0.0880. The number of pyridine rings is 1. The molecule has 4 rings (SSSR count). The zero-order valence-corrected chi connectivity index (χ0v) is 11.8. The van der Waals surface area contributed by atoms with Gasteiger partial charge in [0.15, 0.2) is 0 Å². The molecule has 1 aliphatic heterocycles. The molecule has 2 amide bonds. The molecule has 0 saturated carbocycles. The van der Waals surface area contributed by atoms with Crippen molar-refractivity contribution < 1.29 is 9.59 Å². The molecule has 0 radical (unpaired) electrons. The van der Waals surface area contributed by atoms with Gasteiger partial charge in [-0.25, -0.2) is 0 Å². The summed E-state index contributed by atoms with van der Waals surface area (Å²) in [5.74, 6) is -1.26. The Kier molecular flexibility index (Phi) is 2.46. The number of hydrogen-bond donors (Lipinski definition) is 2. The minimum Gasteiger partial charge on any atom is -0.384 e. The Balaban J connectivity index is 2.03. The Morgan fingerprint density at radius 1 is 1.14 bits per heavy atom. The van der Waals surface area contributed by atoms with E-state index in [1.807, 2.05) is 11.4 Å². The summed E-state index contributed by atoms with van der Waals surface area (Å²) in [5.41, 5.74) is 6.77. The summed E-state index contributed by atoms with van der Waals surface area (Å²) in [6, 6.07) is 6.37. The fourth-order valence-corrected chi connectivity index (χ4v) is 3.17. The number of nitrogens with one attached hydrogen (secondary N) is 1. The van der Waals surface area contributed by atoms with Crippen molar-refractivity contribution >= 4 is 40.1 Å². The summed E-state index contributed by atoms with van der Waals surface area (Å²) in [6.45, 7) is 0. The van der Waals surface area contributed by atoms with E-state index in [0.29, 0.717) is 5.69 Å². The van der Waals surface area contributed by atoms with Crippen LogP contribution in [0.3, 0.4) is 0 Å². The number of nitrogens with two attached hydrogens (primary N) is 1. The first-order valence-electron chi connectivity index (χ1n) is 6.32. The number of aromatic nitrogens is 2. The van der Waals surface area contributed by atoms with Crippen molar-refractivity contribution in [3.8, 4) is 5.69 Å². The third-order valence-corrected chi connectivity index (χ3v) is 4.22. The highest BCUT2D eigenvalue weighted by Crippen LogP contribution is 2.24. The Morgan fingerprint density at radius 3 is 2.77 bits per heavy atom. The first kappa shape index (κ1) is 12.7. The molecule has 0 aliphatic carbocycles. The molecule has 0 unspecified atom stereocenters. The van der Waals surface area contributed by atoms with Crippen LogP contribution >= 0.6 is 11.5 Å². The van der Waals surface area contributed by atoms with Crippen molar-refractivity contribution in [2.75, 3.05) is 5.73 Å². The van der Waals surface area contributed by atoms with Gasteiger partial charge in [-0.05, 0) is 29.7 Å². The highest BCUT2D eigenvalue weighted by atomic mass is 32.1. The number of carbonyl (C=O) groups is 2. The van der Waals surface area contributed by atoms with Gasteiger partial charge in [0, 0.05) is 16.8 Å². The number of nitrogens with zero attached hydrogens (tertiary/aromatic N) is 2. The topological polar surface area (TPSA) is 107 Å².